The number of halogens is 1. The van der Waals surface area contributed by atoms with E-state index in [0.717, 1.165) is 37.5 Å². The molecule has 1 aromatic carbocycles. The largest absolute Gasteiger partial charge is 0.496 e. The van der Waals surface area contributed by atoms with Gasteiger partial charge in [0.2, 0.25) is 5.91 Å². The number of carbonyl (C=O) groups excluding carboxylic acids is 1. The molecule has 2 N–H and O–H groups in total. The van der Waals surface area contributed by atoms with E-state index in [0.29, 0.717) is 6.04 Å². The number of hydrogen-bond donors (Lipinski definition) is 2. The first-order valence-electron chi connectivity index (χ1n) is 9.38. The Morgan fingerprint density at radius 2 is 2.00 bits per heavy atom. The van der Waals surface area contributed by atoms with Crippen LogP contribution in [0.2, 0.25) is 0 Å². The van der Waals surface area contributed by atoms with Crippen LogP contribution < -0.4 is 15.4 Å². The quantitative estimate of drug-likeness (QED) is 0.352. The van der Waals surface area contributed by atoms with Crippen molar-refractivity contribution in [3.63, 3.8) is 0 Å². The van der Waals surface area contributed by atoms with Crippen LogP contribution in [0.4, 0.5) is 0 Å². The molecule has 1 saturated carbocycles. The molecule has 2 rings (SSSR count). The minimum Gasteiger partial charge on any atom is -0.496 e. The fraction of sp³-hybridized carbons (Fsp3) is 0.600. The lowest BCUT2D eigenvalue weighted by molar-refractivity contribution is -0.127. The van der Waals surface area contributed by atoms with Crippen LogP contribution in [0.15, 0.2) is 23.2 Å². The van der Waals surface area contributed by atoms with Crippen LogP contribution in [-0.2, 0) is 11.2 Å². The molecule has 0 aliphatic heterocycles. The summed E-state index contributed by atoms with van der Waals surface area (Å²) in [5.74, 6) is 1.62. The second-order valence-corrected chi connectivity index (χ2v) is 7.07. The predicted octanol–water partition coefficient (Wildman–Crippen LogP) is 2.73. The maximum Gasteiger partial charge on any atom is 0.243 e. The predicted molar refractivity (Wildman–Crippen MR) is 121 cm³/mol. The van der Waals surface area contributed by atoms with Crippen LogP contribution in [0.25, 0.3) is 0 Å². The zero-order valence-electron chi connectivity index (χ0n) is 16.9. The van der Waals surface area contributed by atoms with Gasteiger partial charge >= 0.3 is 0 Å². The topological polar surface area (TPSA) is 66.0 Å². The van der Waals surface area contributed by atoms with E-state index >= 15 is 0 Å². The van der Waals surface area contributed by atoms with Crippen molar-refractivity contribution in [3.05, 3.63) is 29.3 Å². The molecule has 1 fully saturated rings. The van der Waals surface area contributed by atoms with Crippen molar-refractivity contribution in [2.45, 2.75) is 45.1 Å². The van der Waals surface area contributed by atoms with E-state index in [1.807, 2.05) is 6.07 Å². The number of methoxy groups -OCH3 is 1. The summed E-state index contributed by atoms with van der Waals surface area (Å²) in [6.07, 6.45) is 5.66. The Bertz CT molecular complexity index is 628. The third kappa shape index (κ3) is 7.94. The maximum atomic E-state index is 11.8. The average molecular weight is 488 g/mol. The number of amides is 1. The summed E-state index contributed by atoms with van der Waals surface area (Å²) in [5.41, 5.74) is 2.39. The lowest BCUT2D eigenvalue weighted by Crippen LogP contribution is -2.43. The third-order valence-electron chi connectivity index (χ3n) is 4.69. The number of nitrogens with one attached hydrogen (secondary N) is 2. The van der Waals surface area contributed by atoms with Gasteiger partial charge in [0.1, 0.15) is 12.3 Å². The van der Waals surface area contributed by atoms with E-state index in [1.54, 1.807) is 26.1 Å². The molecule has 6 nitrogen and oxygen atoms in total. The molecule has 0 heterocycles. The smallest absolute Gasteiger partial charge is 0.243 e. The molecule has 0 radical (unpaired) electrons. The van der Waals surface area contributed by atoms with Crippen LogP contribution in [0, 0.1) is 6.92 Å². The van der Waals surface area contributed by atoms with Crippen molar-refractivity contribution < 1.29 is 9.53 Å². The highest BCUT2D eigenvalue weighted by molar-refractivity contribution is 14.0. The summed E-state index contributed by atoms with van der Waals surface area (Å²) in [7, 11) is 5.20. The minimum absolute atomic E-state index is 0. The van der Waals surface area contributed by atoms with E-state index in [1.165, 1.54) is 24.0 Å². The van der Waals surface area contributed by atoms with Crippen LogP contribution in [0.5, 0.6) is 5.75 Å². The van der Waals surface area contributed by atoms with E-state index in [4.69, 9.17) is 4.74 Å². The van der Waals surface area contributed by atoms with E-state index in [2.05, 4.69) is 34.7 Å². The average Bonchev–Trinajstić information content (AvgIpc) is 3.12. The molecule has 0 spiro atoms. The summed E-state index contributed by atoms with van der Waals surface area (Å²) in [5, 5.41) is 6.85. The maximum absolute atomic E-state index is 11.8. The molecule has 1 aliphatic carbocycles. The Hall–Kier alpha value is -1.51. The van der Waals surface area contributed by atoms with Gasteiger partial charge in [0, 0.05) is 26.7 Å². The Labute approximate surface area is 180 Å². The number of ether oxygens (including phenoxy) is 1. The standard InChI is InChI=1S/C20H32N4O2.HI/c1-15-9-10-18(26-4)16(13-15)11-12-21-20(22-14-19(25)24(2)3)23-17-7-5-6-8-17;/h9-10,13,17H,5-8,11-12,14H2,1-4H3,(H2,21,22,23);1H. The number of aryl methyl sites for hydroxylation is 1. The zero-order chi connectivity index (χ0) is 18.9. The molecule has 1 aromatic rings. The first-order valence-corrected chi connectivity index (χ1v) is 9.38. The van der Waals surface area contributed by atoms with Gasteiger partial charge in [-0.2, -0.15) is 0 Å². The molecule has 0 unspecified atom stereocenters. The molecule has 1 aliphatic rings. The van der Waals surface area contributed by atoms with Gasteiger partial charge in [-0.25, -0.2) is 4.99 Å². The lowest BCUT2D eigenvalue weighted by Gasteiger charge is -2.18. The van der Waals surface area contributed by atoms with Crippen LogP contribution in [0.3, 0.4) is 0 Å². The summed E-state index contributed by atoms with van der Waals surface area (Å²) >= 11 is 0. The van der Waals surface area contributed by atoms with Gasteiger partial charge in [-0.1, -0.05) is 30.5 Å². The third-order valence-corrected chi connectivity index (χ3v) is 4.69. The molecule has 0 atom stereocenters. The number of guanidine groups is 1. The Kier molecular flexibility index (Phi) is 10.5. The molecule has 0 saturated heterocycles. The van der Waals surface area contributed by atoms with Gasteiger partial charge in [-0.15, -0.1) is 24.0 Å². The van der Waals surface area contributed by atoms with Crippen molar-refractivity contribution >= 4 is 35.8 Å². The number of likely N-dealkylation sites (N-methyl/N-ethyl adjacent to an activating group) is 1. The van der Waals surface area contributed by atoms with Crippen LogP contribution in [-0.4, -0.2) is 57.1 Å². The molecule has 0 bridgehead atoms. The Balaban J connectivity index is 0.00000364. The summed E-state index contributed by atoms with van der Waals surface area (Å²) in [6.45, 7) is 2.97. The first-order chi connectivity index (χ1) is 12.5. The SMILES string of the molecule is COc1ccc(C)cc1CCNC(=NCC(=O)N(C)C)NC1CCCC1.I. The number of nitrogens with zero attached hydrogens (tertiary/aromatic N) is 2. The summed E-state index contributed by atoms with van der Waals surface area (Å²) in [6, 6.07) is 6.66. The van der Waals surface area contributed by atoms with Gasteiger partial charge < -0.3 is 20.3 Å². The second kappa shape index (κ2) is 12.0. The minimum atomic E-state index is -0.00197. The van der Waals surface area contributed by atoms with Crippen molar-refractivity contribution in [1.29, 1.82) is 0 Å². The fourth-order valence-electron chi connectivity index (χ4n) is 3.12. The second-order valence-electron chi connectivity index (χ2n) is 7.07. The molecule has 152 valence electrons. The molecule has 7 heteroatoms. The highest BCUT2D eigenvalue weighted by Crippen LogP contribution is 2.20. The van der Waals surface area contributed by atoms with Crippen LogP contribution in [0.1, 0.15) is 36.8 Å². The molecular weight excluding hydrogens is 455 g/mol. The van der Waals surface area contributed by atoms with Crippen molar-refractivity contribution in [2.24, 2.45) is 4.99 Å². The number of carbonyl (C=O) groups is 1. The number of aliphatic imine (C=N–C) groups is 1. The van der Waals surface area contributed by atoms with Gasteiger partial charge in [-0.3, -0.25) is 4.79 Å². The van der Waals surface area contributed by atoms with Gasteiger partial charge in [0.05, 0.1) is 7.11 Å². The molecule has 1 amide bonds. The lowest BCUT2D eigenvalue weighted by atomic mass is 10.1. The fourth-order valence-corrected chi connectivity index (χ4v) is 3.12. The highest BCUT2D eigenvalue weighted by atomic mass is 127. The summed E-state index contributed by atoms with van der Waals surface area (Å²) < 4.78 is 5.45. The number of hydrogen-bond acceptors (Lipinski definition) is 3. The Morgan fingerprint density at radius 3 is 2.63 bits per heavy atom. The monoisotopic (exact) mass is 488 g/mol. The van der Waals surface area contributed by atoms with Gasteiger partial charge in [0.25, 0.3) is 0 Å². The van der Waals surface area contributed by atoms with Crippen molar-refractivity contribution in [2.75, 3.05) is 34.3 Å². The summed E-state index contributed by atoms with van der Waals surface area (Å²) in [4.78, 5) is 17.9. The number of benzene rings is 1. The highest BCUT2D eigenvalue weighted by Gasteiger charge is 2.16. The van der Waals surface area contributed by atoms with E-state index < -0.39 is 0 Å². The molecular formula is C20H33IN4O2. The number of rotatable bonds is 7. The van der Waals surface area contributed by atoms with Crippen LogP contribution >= 0.6 is 24.0 Å². The first kappa shape index (κ1) is 23.5. The molecule has 0 aromatic heterocycles. The normalized spacial score (nSPS) is 14.4. The zero-order valence-corrected chi connectivity index (χ0v) is 19.2. The molecule has 27 heavy (non-hydrogen) atoms. The van der Waals surface area contributed by atoms with Crippen molar-refractivity contribution in [1.82, 2.24) is 15.5 Å². The van der Waals surface area contributed by atoms with E-state index in [-0.39, 0.29) is 36.4 Å². The van der Waals surface area contributed by atoms with Gasteiger partial charge in [-0.05, 0) is 37.8 Å². The van der Waals surface area contributed by atoms with E-state index in [9.17, 15) is 4.79 Å². The van der Waals surface area contributed by atoms with Gasteiger partial charge in [0.15, 0.2) is 5.96 Å². The van der Waals surface area contributed by atoms with Crippen molar-refractivity contribution in [3.8, 4) is 5.75 Å². The Morgan fingerprint density at radius 1 is 1.30 bits per heavy atom.